The van der Waals surface area contributed by atoms with Gasteiger partial charge in [0.25, 0.3) is 5.91 Å². The van der Waals surface area contributed by atoms with Crippen LogP contribution in [0.1, 0.15) is 15.9 Å². The maximum Gasteiger partial charge on any atom is 0.407 e. The van der Waals surface area contributed by atoms with Gasteiger partial charge in [0, 0.05) is 50.7 Å². The fourth-order valence-corrected chi connectivity index (χ4v) is 5.80. The molecule has 2 aliphatic heterocycles. The summed E-state index contributed by atoms with van der Waals surface area (Å²) in [6, 6.07) is 9.56. The molecule has 166 valence electrons. The summed E-state index contributed by atoms with van der Waals surface area (Å²) in [6.45, 7) is 1.13. The molecule has 0 radical (unpaired) electrons. The van der Waals surface area contributed by atoms with Crippen molar-refractivity contribution in [1.82, 2.24) is 23.9 Å². The topological polar surface area (TPSA) is 124 Å². The average Bonchev–Trinajstić information content (AvgIpc) is 3.36. The lowest BCUT2D eigenvalue weighted by molar-refractivity contribution is 0.0506. The molecule has 3 aromatic rings. The largest absolute Gasteiger partial charge is 0.465 e. The molecule has 10 nitrogen and oxygen atoms in total. The van der Waals surface area contributed by atoms with Crippen LogP contribution in [-0.4, -0.2) is 69.8 Å². The molecule has 2 atom stereocenters. The Hall–Kier alpha value is -3.44. The van der Waals surface area contributed by atoms with Crippen LogP contribution in [-0.2, 0) is 16.6 Å². The van der Waals surface area contributed by atoms with E-state index in [0.29, 0.717) is 18.7 Å². The first-order valence-corrected chi connectivity index (χ1v) is 11.6. The standard InChI is InChI=1S/C21H21N5O5S/c27-20(15-3-6-19-22-7-8-24(19)10-15)23-9-14-1-4-17(5-2-14)32(30,31)25-11-16-12-26(21(28)29)18(16)13-25/h1-8,10,16,18H,9,11-13H2,(H,23,27)(H,28,29)/t16-,18-/m1/s1. The van der Waals surface area contributed by atoms with E-state index in [-0.39, 0.29) is 35.9 Å². The molecule has 2 fully saturated rings. The van der Waals surface area contributed by atoms with Crippen LogP contribution in [0, 0.1) is 5.92 Å². The van der Waals surface area contributed by atoms with E-state index < -0.39 is 16.1 Å². The van der Waals surface area contributed by atoms with Crippen LogP contribution in [0.15, 0.2) is 59.9 Å². The quantitative estimate of drug-likeness (QED) is 0.597. The third-order valence-corrected chi connectivity index (χ3v) is 7.96. The van der Waals surface area contributed by atoms with Crippen LogP contribution in [0.5, 0.6) is 0 Å². The van der Waals surface area contributed by atoms with Crippen LogP contribution >= 0.6 is 0 Å². The normalized spacial score (nSPS) is 20.7. The van der Waals surface area contributed by atoms with Gasteiger partial charge >= 0.3 is 6.09 Å². The highest BCUT2D eigenvalue weighted by Gasteiger charge is 2.50. The zero-order valence-corrected chi connectivity index (χ0v) is 17.8. The van der Waals surface area contributed by atoms with Crippen molar-refractivity contribution in [2.45, 2.75) is 17.5 Å². The summed E-state index contributed by atoms with van der Waals surface area (Å²) in [5, 5.41) is 12.0. The number of rotatable bonds is 5. The Bertz CT molecular complexity index is 1300. The molecule has 5 rings (SSSR count). The number of nitrogens with zero attached hydrogens (tertiary/aromatic N) is 4. The SMILES string of the molecule is O=C(NCc1ccc(S(=O)(=O)N2C[C@@H]3CN(C(=O)O)[C@@H]3C2)cc1)c1ccc2nccn2c1. The fourth-order valence-electron chi connectivity index (χ4n) is 4.28. The van der Waals surface area contributed by atoms with E-state index in [1.54, 1.807) is 47.3 Å². The van der Waals surface area contributed by atoms with Gasteiger partial charge in [0.1, 0.15) is 5.65 Å². The highest BCUT2D eigenvalue weighted by Crippen LogP contribution is 2.35. The first-order valence-electron chi connectivity index (χ1n) is 10.1. The highest BCUT2D eigenvalue weighted by molar-refractivity contribution is 7.89. The fraction of sp³-hybridized carbons (Fsp3) is 0.286. The molecule has 4 heterocycles. The smallest absolute Gasteiger partial charge is 0.407 e. The van der Waals surface area contributed by atoms with Gasteiger partial charge in [-0.05, 0) is 29.8 Å². The number of carbonyl (C=O) groups excluding carboxylic acids is 1. The molecule has 11 heteroatoms. The number of nitrogens with one attached hydrogen (secondary N) is 1. The molecular weight excluding hydrogens is 434 g/mol. The van der Waals surface area contributed by atoms with Crippen LogP contribution in [0.4, 0.5) is 4.79 Å². The lowest BCUT2D eigenvalue weighted by atomic mass is 9.93. The Morgan fingerprint density at radius 2 is 1.88 bits per heavy atom. The van der Waals surface area contributed by atoms with Gasteiger partial charge < -0.3 is 19.7 Å². The van der Waals surface area contributed by atoms with E-state index in [9.17, 15) is 18.0 Å². The van der Waals surface area contributed by atoms with Crippen molar-refractivity contribution in [1.29, 1.82) is 0 Å². The number of aromatic nitrogens is 2. The lowest BCUT2D eigenvalue weighted by Gasteiger charge is -2.41. The van der Waals surface area contributed by atoms with Gasteiger partial charge in [-0.1, -0.05) is 12.1 Å². The van der Waals surface area contributed by atoms with Crippen molar-refractivity contribution >= 4 is 27.7 Å². The third-order valence-electron chi connectivity index (χ3n) is 6.12. The summed E-state index contributed by atoms with van der Waals surface area (Å²) in [4.78, 5) is 29.2. The molecule has 2 amide bonds. The second-order valence-electron chi connectivity index (χ2n) is 8.02. The number of benzene rings is 1. The number of sulfonamides is 1. The summed E-state index contributed by atoms with van der Waals surface area (Å²) in [6.07, 6.45) is 4.10. The maximum absolute atomic E-state index is 13.0. The van der Waals surface area contributed by atoms with Crippen LogP contribution in [0.25, 0.3) is 5.65 Å². The molecule has 1 aromatic carbocycles. The monoisotopic (exact) mass is 455 g/mol. The summed E-state index contributed by atoms with van der Waals surface area (Å²) in [5.41, 5.74) is 2.01. The molecule has 0 unspecified atom stereocenters. The summed E-state index contributed by atoms with van der Waals surface area (Å²) >= 11 is 0. The van der Waals surface area contributed by atoms with Gasteiger partial charge in [-0.3, -0.25) is 4.79 Å². The van der Waals surface area contributed by atoms with E-state index in [2.05, 4.69) is 10.3 Å². The molecule has 0 spiro atoms. The van der Waals surface area contributed by atoms with E-state index in [1.165, 1.54) is 21.3 Å². The van der Waals surface area contributed by atoms with Gasteiger partial charge in [0.15, 0.2) is 0 Å². The Labute approximate surface area is 184 Å². The molecule has 32 heavy (non-hydrogen) atoms. The minimum Gasteiger partial charge on any atom is -0.465 e. The van der Waals surface area contributed by atoms with Crippen LogP contribution < -0.4 is 5.32 Å². The van der Waals surface area contributed by atoms with Crippen molar-refractivity contribution < 1.29 is 23.1 Å². The highest BCUT2D eigenvalue weighted by atomic mass is 32.2. The van der Waals surface area contributed by atoms with Crippen molar-refractivity contribution in [2.24, 2.45) is 5.92 Å². The number of carboxylic acid groups (broad SMARTS) is 1. The summed E-state index contributed by atoms with van der Waals surface area (Å²) in [7, 11) is -3.70. The van der Waals surface area contributed by atoms with Crippen molar-refractivity contribution in [3.63, 3.8) is 0 Å². The van der Waals surface area contributed by atoms with Crippen molar-refractivity contribution in [3.8, 4) is 0 Å². The van der Waals surface area contributed by atoms with E-state index >= 15 is 0 Å². The Morgan fingerprint density at radius 3 is 2.62 bits per heavy atom. The van der Waals surface area contributed by atoms with Crippen molar-refractivity contribution in [3.05, 3.63) is 66.1 Å². The van der Waals surface area contributed by atoms with Gasteiger partial charge in [-0.2, -0.15) is 4.31 Å². The summed E-state index contributed by atoms with van der Waals surface area (Å²) in [5.74, 6) is -0.190. The number of amides is 2. The predicted molar refractivity (Wildman–Crippen MR) is 114 cm³/mol. The zero-order valence-electron chi connectivity index (χ0n) is 17.0. The van der Waals surface area contributed by atoms with Crippen LogP contribution in [0.2, 0.25) is 0 Å². The molecular formula is C21H21N5O5S. The first-order chi connectivity index (χ1) is 15.3. The predicted octanol–water partition coefficient (Wildman–Crippen LogP) is 1.25. The van der Waals surface area contributed by atoms with Gasteiger partial charge in [-0.25, -0.2) is 18.2 Å². The Kier molecular flexibility index (Phi) is 4.86. The lowest BCUT2D eigenvalue weighted by Crippen LogP contribution is -2.57. The van der Waals surface area contributed by atoms with Crippen LogP contribution in [0.3, 0.4) is 0 Å². The number of hydrogen-bond acceptors (Lipinski definition) is 5. The Balaban J connectivity index is 1.22. The number of fused-ring (bicyclic) bond motifs is 2. The van der Waals surface area contributed by atoms with E-state index in [4.69, 9.17) is 5.11 Å². The Morgan fingerprint density at radius 1 is 1.09 bits per heavy atom. The number of hydrogen-bond donors (Lipinski definition) is 2. The minimum atomic E-state index is -3.70. The second-order valence-corrected chi connectivity index (χ2v) is 9.96. The minimum absolute atomic E-state index is 0.0527. The molecule has 0 aliphatic carbocycles. The molecule has 0 saturated carbocycles. The molecule has 0 bridgehead atoms. The first kappa shape index (κ1) is 20.5. The van der Waals surface area contributed by atoms with E-state index in [1.807, 2.05) is 0 Å². The second kappa shape index (κ2) is 7.61. The maximum atomic E-state index is 13.0. The molecule has 2 aliphatic rings. The molecule has 2 aromatic heterocycles. The number of imidazole rings is 1. The van der Waals surface area contributed by atoms with Gasteiger partial charge in [0.05, 0.1) is 16.5 Å². The number of likely N-dealkylation sites (tertiary alicyclic amines) is 1. The third kappa shape index (κ3) is 3.49. The van der Waals surface area contributed by atoms with Crippen molar-refractivity contribution in [2.75, 3.05) is 19.6 Å². The zero-order chi connectivity index (χ0) is 22.5. The van der Waals surface area contributed by atoms with Gasteiger partial charge in [0.2, 0.25) is 10.0 Å². The average molecular weight is 455 g/mol. The number of carbonyl (C=O) groups is 2. The van der Waals surface area contributed by atoms with E-state index in [0.717, 1.165) is 11.2 Å². The number of pyridine rings is 1. The summed E-state index contributed by atoms with van der Waals surface area (Å²) < 4.78 is 29.0. The molecule has 2 N–H and O–H groups in total. The molecule has 2 saturated heterocycles. The van der Waals surface area contributed by atoms with Gasteiger partial charge in [-0.15, -0.1) is 0 Å².